The maximum Gasteiger partial charge on any atom is 0.269 e. The molecule has 12 heteroatoms. The summed E-state index contributed by atoms with van der Waals surface area (Å²) in [5.74, 6) is 1.03. The molecule has 4 aromatic rings. The van der Waals surface area contributed by atoms with E-state index in [1.54, 1.807) is 24.5 Å². The number of ether oxygens (including phenoxy) is 1. The zero-order valence-electron chi connectivity index (χ0n) is 19.1. The van der Waals surface area contributed by atoms with Crippen molar-refractivity contribution in [1.82, 2.24) is 25.2 Å². The van der Waals surface area contributed by atoms with E-state index in [-0.39, 0.29) is 17.3 Å². The van der Waals surface area contributed by atoms with Crippen molar-refractivity contribution in [3.63, 3.8) is 0 Å². The molecule has 2 aromatic heterocycles. The molecule has 0 fully saturated rings. The van der Waals surface area contributed by atoms with E-state index in [1.807, 2.05) is 47.9 Å². The normalized spacial score (nSPS) is 10.9. The van der Waals surface area contributed by atoms with Gasteiger partial charge in [-0.15, -0.1) is 10.2 Å². The number of thioether (sulfide) groups is 1. The van der Waals surface area contributed by atoms with Crippen molar-refractivity contribution < 1.29 is 14.5 Å². The fourth-order valence-electron chi connectivity index (χ4n) is 3.16. The Morgan fingerprint density at radius 1 is 1.17 bits per heavy atom. The van der Waals surface area contributed by atoms with Crippen LogP contribution in [0.15, 0.2) is 83.3 Å². The number of pyridine rings is 1. The van der Waals surface area contributed by atoms with Crippen molar-refractivity contribution in [2.75, 3.05) is 12.4 Å². The minimum Gasteiger partial charge on any atom is -0.494 e. The molecule has 0 atom stereocenters. The average molecular weight is 504 g/mol. The molecule has 1 N–H and O–H groups in total. The van der Waals surface area contributed by atoms with Crippen molar-refractivity contribution >= 4 is 29.6 Å². The number of aromatic nitrogens is 4. The summed E-state index contributed by atoms with van der Waals surface area (Å²) in [6.07, 6.45) is 4.79. The molecule has 0 radical (unpaired) electrons. The fraction of sp³-hybridized carbons (Fsp3) is 0.125. The number of non-ortho nitro benzene ring substituents is 1. The fourth-order valence-corrected chi connectivity index (χ4v) is 3.90. The highest BCUT2D eigenvalue weighted by Crippen LogP contribution is 2.28. The molecule has 0 aliphatic heterocycles. The summed E-state index contributed by atoms with van der Waals surface area (Å²) in [4.78, 5) is 26.8. The van der Waals surface area contributed by atoms with Gasteiger partial charge in [-0.1, -0.05) is 11.8 Å². The van der Waals surface area contributed by atoms with Gasteiger partial charge in [0.2, 0.25) is 0 Å². The third-order valence-electron chi connectivity index (χ3n) is 4.80. The van der Waals surface area contributed by atoms with Gasteiger partial charge in [0.1, 0.15) is 5.75 Å². The molecule has 0 aliphatic carbocycles. The quantitative estimate of drug-likeness (QED) is 0.149. The van der Waals surface area contributed by atoms with Gasteiger partial charge in [-0.05, 0) is 61.0 Å². The number of nitrogens with one attached hydrogen (secondary N) is 1. The standard InChI is InChI=1S/C24H21N7O4S/c1-2-35-21-11-9-19(10-12-21)30-23(18-4-3-13-25-15-18)28-29-24(30)36-16-22(32)27-26-14-17-5-7-20(8-6-17)31(33)34/h3-15H,2,16H2,1H3,(H,27,32). The lowest BCUT2D eigenvalue weighted by atomic mass is 10.2. The van der Waals surface area contributed by atoms with Crippen molar-refractivity contribution in [1.29, 1.82) is 0 Å². The van der Waals surface area contributed by atoms with Gasteiger partial charge in [0.25, 0.3) is 11.6 Å². The molecule has 182 valence electrons. The summed E-state index contributed by atoms with van der Waals surface area (Å²) in [6.45, 7) is 2.49. The average Bonchev–Trinajstić information content (AvgIpc) is 3.33. The third-order valence-corrected chi connectivity index (χ3v) is 5.73. The number of carbonyl (C=O) groups is 1. The summed E-state index contributed by atoms with van der Waals surface area (Å²) in [5, 5.41) is 23.8. The predicted molar refractivity (Wildman–Crippen MR) is 135 cm³/mol. The first kappa shape index (κ1) is 24.5. The van der Waals surface area contributed by atoms with Crippen LogP contribution < -0.4 is 10.2 Å². The van der Waals surface area contributed by atoms with Crippen LogP contribution in [0.1, 0.15) is 12.5 Å². The van der Waals surface area contributed by atoms with Crippen molar-refractivity contribution in [3.05, 3.63) is 88.7 Å². The first-order valence-corrected chi connectivity index (χ1v) is 11.8. The largest absolute Gasteiger partial charge is 0.494 e. The number of carbonyl (C=O) groups excluding carboxylic acids is 1. The maximum absolute atomic E-state index is 12.4. The minimum absolute atomic E-state index is 0.0186. The van der Waals surface area contributed by atoms with Crippen LogP contribution in [-0.2, 0) is 4.79 Å². The number of nitro benzene ring substituents is 1. The summed E-state index contributed by atoms with van der Waals surface area (Å²) >= 11 is 1.21. The van der Waals surface area contributed by atoms with Gasteiger partial charge in [-0.2, -0.15) is 5.10 Å². The van der Waals surface area contributed by atoms with Crippen molar-refractivity contribution in [2.45, 2.75) is 12.1 Å². The van der Waals surface area contributed by atoms with Crippen LogP contribution >= 0.6 is 11.8 Å². The third kappa shape index (κ3) is 6.10. The lowest BCUT2D eigenvalue weighted by Crippen LogP contribution is -2.20. The van der Waals surface area contributed by atoms with E-state index < -0.39 is 4.92 Å². The Morgan fingerprint density at radius 2 is 1.94 bits per heavy atom. The number of benzene rings is 2. The molecule has 11 nitrogen and oxygen atoms in total. The molecule has 0 spiro atoms. The van der Waals surface area contributed by atoms with E-state index in [0.29, 0.717) is 23.2 Å². The van der Waals surface area contributed by atoms with Gasteiger partial charge in [-0.3, -0.25) is 24.5 Å². The zero-order chi connectivity index (χ0) is 25.3. The summed E-state index contributed by atoms with van der Waals surface area (Å²) in [6, 6.07) is 17.0. The number of nitro groups is 1. The zero-order valence-corrected chi connectivity index (χ0v) is 20.0. The number of hydrogen-bond acceptors (Lipinski definition) is 9. The molecule has 0 aliphatic rings. The first-order valence-electron chi connectivity index (χ1n) is 10.8. The predicted octanol–water partition coefficient (Wildman–Crippen LogP) is 3.88. The highest BCUT2D eigenvalue weighted by Gasteiger charge is 2.17. The summed E-state index contributed by atoms with van der Waals surface area (Å²) in [7, 11) is 0. The summed E-state index contributed by atoms with van der Waals surface area (Å²) < 4.78 is 7.39. The van der Waals surface area contributed by atoms with Crippen LogP contribution in [0.2, 0.25) is 0 Å². The molecule has 0 unspecified atom stereocenters. The number of hydrogen-bond donors (Lipinski definition) is 1. The van der Waals surface area contributed by atoms with Crippen molar-refractivity contribution in [3.8, 4) is 22.8 Å². The lowest BCUT2D eigenvalue weighted by Gasteiger charge is -2.11. The van der Waals surface area contributed by atoms with Gasteiger partial charge >= 0.3 is 0 Å². The van der Waals surface area contributed by atoms with Crippen LogP contribution in [0.3, 0.4) is 0 Å². The monoisotopic (exact) mass is 503 g/mol. The Kier molecular flexibility index (Phi) is 7.98. The number of rotatable bonds is 10. The van der Waals surface area contributed by atoms with Crippen LogP contribution in [0.4, 0.5) is 5.69 Å². The number of amides is 1. The molecule has 2 aromatic carbocycles. The molecule has 0 saturated carbocycles. The molecule has 2 heterocycles. The van der Waals surface area contributed by atoms with E-state index in [0.717, 1.165) is 17.0 Å². The maximum atomic E-state index is 12.4. The second-order valence-corrected chi connectivity index (χ2v) is 8.18. The van der Waals surface area contributed by atoms with E-state index in [9.17, 15) is 14.9 Å². The Bertz CT molecular complexity index is 1360. The highest BCUT2D eigenvalue weighted by molar-refractivity contribution is 7.99. The highest BCUT2D eigenvalue weighted by atomic mass is 32.2. The number of nitrogens with zero attached hydrogens (tertiary/aromatic N) is 6. The Balaban J connectivity index is 1.47. The van der Waals surface area contributed by atoms with Crippen LogP contribution in [0, 0.1) is 10.1 Å². The first-order chi connectivity index (χ1) is 17.5. The number of hydrazone groups is 1. The van der Waals surface area contributed by atoms with Crippen LogP contribution in [-0.4, -0.2) is 49.2 Å². The molecule has 4 rings (SSSR count). The smallest absolute Gasteiger partial charge is 0.269 e. The second kappa shape index (κ2) is 11.7. The molecular formula is C24H21N7O4S. The summed E-state index contributed by atoms with van der Waals surface area (Å²) in [5.41, 5.74) is 4.63. The molecule has 1 amide bonds. The van der Waals surface area contributed by atoms with Gasteiger partial charge in [-0.25, -0.2) is 5.43 Å². The van der Waals surface area contributed by atoms with E-state index in [2.05, 4.69) is 25.7 Å². The van der Waals surface area contributed by atoms with Crippen LogP contribution in [0.5, 0.6) is 5.75 Å². The van der Waals surface area contributed by atoms with Gasteiger partial charge in [0.05, 0.1) is 23.5 Å². The molecule has 0 bridgehead atoms. The molecular weight excluding hydrogens is 482 g/mol. The topological polar surface area (TPSA) is 137 Å². The van der Waals surface area contributed by atoms with E-state index in [4.69, 9.17) is 4.74 Å². The van der Waals surface area contributed by atoms with E-state index >= 15 is 0 Å². The van der Waals surface area contributed by atoms with Crippen LogP contribution in [0.25, 0.3) is 17.1 Å². The van der Waals surface area contributed by atoms with Crippen molar-refractivity contribution in [2.24, 2.45) is 5.10 Å². The Hall–Kier alpha value is -4.58. The van der Waals surface area contributed by atoms with Gasteiger partial charge < -0.3 is 4.74 Å². The van der Waals surface area contributed by atoms with Gasteiger partial charge in [0, 0.05) is 35.8 Å². The molecule has 36 heavy (non-hydrogen) atoms. The minimum atomic E-state index is -0.480. The lowest BCUT2D eigenvalue weighted by molar-refractivity contribution is -0.384. The Labute approximate surface area is 210 Å². The second-order valence-electron chi connectivity index (χ2n) is 7.24. The van der Waals surface area contributed by atoms with E-state index in [1.165, 1.54) is 30.1 Å². The Morgan fingerprint density at radius 3 is 2.61 bits per heavy atom. The molecule has 0 saturated heterocycles. The van der Waals surface area contributed by atoms with Gasteiger partial charge in [0.15, 0.2) is 11.0 Å². The SMILES string of the molecule is CCOc1ccc(-n2c(SCC(=O)NN=Cc3ccc([N+](=O)[O-])cc3)nnc2-c2cccnc2)cc1.